The molecule has 2 atom stereocenters. The molecule has 0 radical (unpaired) electrons. The second kappa shape index (κ2) is 6.34. The first-order valence-corrected chi connectivity index (χ1v) is 9.47. The van der Waals surface area contributed by atoms with E-state index in [1.807, 2.05) is 50.1 Å². The summed E-state index contributed by atoms with van der Waals surface area (Å²) in [5.74, 6) is 0.0582. The van der Waals surface area contributed by atoms with E-state index in [9.17, 15) is 14.7 Å². The molecule has 144 valence electrons. The minimum absolute atomic E-state index is 0.0215. The van der Waals surface area contributed by atoms with E-state index in [0.29, 0.717) is 31.9 Å². The Kier molecular flexibility index (Phi) is 4.22. The van der Waals surface area contributed by atoms with Crippen LogP contribution in [0.2, 0.25) is 0 Å². The number of nitrogens with zero attached hydrogens (tertiary/aromatic N) is 4. The van der Waals surface area contributed by atoms with E-state index in [2.05, 4.69) is 5.10 Å². The number of benzene rings is 1. The van der Waals surface area contributed by atoms with Gasteiger partial charge in [-0.2, -0.15) is 5.10 Å². The average molecular weight is 370 g/mol. The van der Waals surface area contributed by atoms with E-state index in [1.54, 1.807) is 9.58 Å². The van der Waals surface area contributed by atoms with Crippen LogP contribution in [0.4, 0.5) is 0 Å². The van der Waals surface area contributed by atoms with Crippen molar-refractivity contribution in [2.75, 3.05) is 32.8 Å². The van der Waals surface area contributed by atoms with Crippen LogP contribution in [0.25, 0.3) is 10.9 Å². The van der Waals surface area contributed by atoms with Crippen molar-refractivity contribution in [2.24, 2.45) is 24.3 Å². The Labute approximate surface area is 158 Å². The zero-order valence-electron chi connectivity index (χ0n) is 16.1. The molecule has 2 aromatic rings. The van der Waals surface area contributed by atoms with Gasteiger partial charge in [0.2, 0.25) is 5.91 Å². The first-order valence-electron chi connectivity index (χ1n) is 9.47. The number of aliphatic hydroxyl groups is 1. The maximum atomic E-state index is 13.2. The van der Waals surface area contributed by atoms with Gasteiger partial charge in [0.15, 0.2) is 5.69 Å². The summed E-state index contributed by atoms with van der Waals surface area (Å²) >= 11 is 0. The smallest absolute Gasteiger partial charge is 0.275 e. The largest absolute Gasteiger partial charge is 0.396 e. The Bertz CT molecular complexity index is 906. The highest BCUT2D eigenvalue weighted by atomic mass is 16.3. The van der Waals surface area contributed by atoms with Gasteiger partial charge in [-0.3, -0.25) is 14.3 Å². The van der Waals surface area contributed by atoms with Gasteiger partial charge in [-0.15, -0.1) is 0 Å². The SMILES string of the molecule is CC(C)C(=O)N1C[C@@H]2CN(C(=O)c3nn(C)c4ccccc34)C[C@]2(CO)C1. The predicted molar refractivity (Wildman–Crippen MR) is 101 cm³/mol. The highest BCUT2D eigenvalue weighted by Gasteiger charge is 2.54. The van der Waals surface area contributed by atoms with Crippen molar-refractivity contribution in [2.45, 2.75) is 13.8 Å². The molecule has 7 heteroatoms. The van der Waals surface area contributed by atoms with Crippen LogP contribution in [0.5, 0.6) is 0 Å². The third-order valence-corrected chi connectivity index (χ3v) is 6.13. The molecular formula is C20H26N4O3. The van der Waals surface area contributed by atoms with E-state index < -0.39 is 5.41 Å². The molecule has 0 aliphatic carbocycles. The monoisotopic (exact) mass is 370 g/mol. The summed E-state index contributed by atoms with van der Waals surface area (Å²) in [4.78, 5) is 29.2. The number of carbonyl (C=O) groups excluding carboxylic acids is 2. The minimum Gasteiger partial charge on any atom is -0.396 e. The molecule has 27 heavy (non-hydrogen) atoms. The van der Waals surface area contributed by atoms with Crippen molar-refractivity contribution >= 4 is 22.7 Å². The van der Waals surface area contributed by atoms with Crippen molar-refractivity contribution in [3.8, 4) is 0 Å². The first-order chi connectivity index (χ1) is 12.9. The zero-order chi connectivity index (χ0) is 19.3. The predicted octanol–water partition coefficient (Wildman–Crippen LogP) is 1.12. The lowest BCUT2D eigenvalue weighted by molar-refractivity contribution is -0.134. The standard InChI is InChI=1S/C20H26N4O3/c1-13(2)18(26)23-8-14-9-24(11-20(14,10-23)12-25)19(27)17-15-6-4-5-7-16(15)22(3)21-17/h4-7,13-14,25H,8-12H2,1-3H3/t14-,20+/m1/s1. The molecule has 2 aliphatic heterocycles. The second-order valence-electron chi connectivity index (χ2n) is 8.27. The van der Waals surface area contributed by atoms with Gasteiger partial charge in [0, 0.05) is 55.9 Å². The highest BCUT2D eigenvalue weighted by Crippen LogP contribution is 2.43. The van der Waals surface area contributed by atoms with Crippen LogP contribution in [-0.2, 0) is 11.8 Å². The molecule has 0 unspecified atom stereocenters. The van der Waals surface area contributed by atoms with Crippen LogP contribution >= 0.6 is 0 Å². The summed E-state index contributed by atoms with van der Waals surface area (Å²) < 4.78 is 1.73. The topological polar surface area (TPSA) is 78.7 Å². The Morgan fingerprint density at radius 3 is 2.56 bits per heavy atom. The highest BCUT2D eigenvalue weighted by molar-refractivity contribution is 6.05. The number of aromatic nitrogens is 2. The summed E-state index contributed by atoms with van der Waals surface area (Å²) in [6.07, 6.45) is 0. The van der Waals surface area contributed by atoms with E-state index >= 15 is 0 Å². The Hall–Kier alpha value is -2.41. The van der Waals surface area contributed by atoms with E-state index in [-0.39, 0.29) is 30.3 Å². The fraction of sp³-hybridized carbons (Fsp3) is 0.550. The number of fused-ring (bicyclic) bond motifs is 2. The molecule has 7 nitrogen and oxygen atoms in total. The number of likely N-dealkylation sites (tertiary alicyclic amines) is 2. The summed E-state index contributed by atoms with van der Waals surface area (Å²) in [6, 6.07) is 7.70. The summed E-state index contributed by atoms with van der Waals surface area (Å²) in [6.45, 7) is 5.88. The van der Waals surface area contributed by atoms with Gasteiger partial charge in [0.1, 0.15) is 0 Å². The molecule has 2 saturated heterocycles. The number of para-hydroxylation sites is 1. The Morgan fingerprint density at radius 2 is 1.89 bits per heavy atom. The molecule has 0 saturated carbocycles. The minimum atomic E-state index is -0.426. The molecule has 1 N–H and O–H groups in total. The quantitative estimate of drug-likeness (QED) is 0.878. The zero-order valence-corrected chi connectivity index (χ0v) is 16.1. The van der Waals surface area contributed by atoms with E-state index in [1.165, 1.54) is 0 Å². The molecule has 0 spiro atoms. The lowest BCUT2D eigenvalue weighted by atomic mass is 9.82. The van der Waals surface area contributed by atoms with Gasteiger partial charge < -0.3 is 14.9 Å². The molecule has 4 rings (SSSR count). The van der Waals surface area contributed by atoms with E-state index in [4.69, 9.17) is 0 Å². The molecule has 2 amide bonds. The molecule has 1 aromatic heterocycles. The lowest BCUT2D eigenvalue weighted by Crippen LogP contribution is -2.41. The average Bonchev–Trinajstić information content (AvgIpc) is 3.29. The summed E-state index contributed by atoms with van der Waals surface area (Å²) in [5.41, 5.74) is 0.951. The van der Waals surface area contributed by atoms with Crippen LogP contribution in [0.3, 0.4) is 0 Å². The van der Waals surface area contributed by atoms with Gasteiger partial charge in [-0.05, 0) is 6.07 Å². The van der Waals surface area contributed by atoms with Crippen LogP contribution in [0.1, 0.15) is 24.3 Å². The van der Waals surface area contributed by atoms with E-state index in [0.717, 1.165) is 10.9 Å². The number of hydrogen-bond acceptors (Lipinski definition) is 4. The first kappa shape index (κ1) is 18.0. The number of carbonyl (C=O) groups is 2. The molecular weight excluding hydrogens is 344 g/mol. The number of hydrogen-bond donors (Lipinski definition) is 1. The maximum Gasteiger partial charge on any atom is 0.275 e. The third kappa shape index (κ3) is 2.72. The van der Waals surface area contributed by atoms with Gasteiger partial charge >= 0.3 is 0 Å². The van der Waals surface area contributed by atoms with Gasteiger partial charge in [-0.25, -0.2) is 0 Å². The second-order valence-corrected chi connectivity index (χ2v) is 8.27. The number of aliphatic hydroxyl groups excluding tert-OH is 1. The van der Waals surface area contributed by atoms with Gasteiger partial charge in [-0.1, -0.05) is 32.0 Å². The van der Waals surface area contributed by atoms with Crippen molar-refractivity contribution in [1.82, 2.24) is 19.6 Å². The Balaban J connectivity index is 1.58. The van der Waals surface area contributed by atoms with Gasteiger partial charge in [0.25, 0.3) is 5.91 Å². The molecule has 0 bridgehead atoms. The number of aryl methyl sites for hydroxylation is 1. The molecule has 2 fully saturated rings. The fourth-order valence-corrected chi connectivity index (χ4v) is 4.61. The summed E-state index contributed by atoms with van der Waals surface area (Å²) in [5, 5.41) is 15.4. The van der Waals surface area contributed by atoms with Crippen LogP contribution < -0.4 is 0 Å². The third-order valence-electron chi connectivity index (χ3n) is 6.13. The maximum absolute atomic E-state index is 13.2. The molecule has 2 aliphatic rings. The normalized spacial score (nSPS) is 24.9. The number of rotatable bonds is 3. The number of amides is 2. The summed E-state index contributed by atoms with van der Waals surface area (Å²) in [7, 11) is 1.84. The van der Waals surface area contributed by atoms with Crippen molar-refractivity contribution < 1.29 is 14.7 Å². The molecule has 1 aromatic carbocycles. The van der Waals surface area contributed by atoms with Crippen LogP contribution in [0, 0.1) is 17.3 Å². The van der Waals surface area contributed by atoms with Crippen molar-refractivity contribution in [1.29, 1.82) is 0 Å². The Morgan fingerprint density at radius 1 is 1.22 bits per heavy atom. The van der Waals surface area contributed by atoms with Gasteiger partial charge in [0.05, 0.1) is 12.1 Å². The fourth-order valence-electron chi connectivity index (χ4n) is 4.61. The molecule has 3 heterocycles. The van der Waals surface area contributed by atoms with Crippen molar-refractivity contribution in [3.63, 3.8) is 0 Å². The van der Waals surface area contributed by atoms with Crippen LogP contribution in [-0.4, -0.2) is 69.3 Å². The van der Waals surface area contributed by atoms with Crippen LogP contribution in [0.15, 0.2) is 24.3 Å². The lowest BCUT2D eigenvalue weighted by Gasteiger charge is -2.27. The van der Waals surface area contributed by atoms with Crippen molar-refractivity contribution in [3.05, 3.63) is 30.0 Å².